The number of nitrogens with zero attached hydrogens (tertiary/aromatic N) is 1. The number of amides is 2. The van der Waals surface area contributed by atoms with Crippen molar-refractivity contribution < 1.29 is 18.7 Å². The summed E-state index contributed by atoms with van der Waals surface area (Å²) in [6, 6.07) is 8.06. The first-order chi connectivity index (χ1) is 11.5. The number of nitrogens with one attached hydrogen (secondary N) is 2. The Balaban J connectivity index is 1.93. The summed E-state index contributed by atoms with van der Waals surface area (Å²) in [6.07, 6.45) is 0.966. The Morgan fingerprint density at radius 3 is 2.83 bits per heavy atom. The van der Waals surface area contributed by atoms with Crippen LogP contribution in [0.15, 0.2) is 36.5 Å². The zero-order valence-corrected chi connectivity index (χ0v) is 13.6. The van der Waals surface area contributed by atoms with Crippen molar-refractivity contribution in [3.8, 4) is 0 Å². The minimum Gasteiger partial charge on any atom is -0.380 e. The van der Waals surface area contributed by atoms with Crippen LogP contribution in [0.1, 0.15) is 11.1 Å². The summed E-state index contributed by atoms with van der Waals surface area (Å²) in [5.41, 5.74) is 1.60. The van der Waals surface area contributed by atoms with Gasteiger partial charge in [-0.3, -0.25) is 9.59 Å². The van der Waals surface area contributed by atoms with E-state index in [1.165, 1.54) is 0 Å². The van der Waals surface area contributed by atoms with E-state index in [-0.39, 0.29) is 17.3 Å². The molecule has 2 N–H and O–H groups in total. The van der Waals surface area contributed by atoms with Gasteiger partial charge in [-0.2, -0.15) is 0 Å². The second kappa shape index (κ2) is 8.37. The van der Waals surface area contributed by atoms with Crippen molar-refractivity contribution in [2.45, 2.75) is 13.2 Å². The Labute approximate surface area is 143 Å². The molecule has 6 nitrogen and oxygen atoms in total. The lowest BCUT2D eigenvalue weighted by Crippen LogP contribution is -2.35. The molecule has 1 aromatic heterocycles. The molecule has 8 heteroatoms. The maximum absolute atomic E-state index is 13.1. The predicted octanol–water partition coefficient (Wildman–Crippen LogP) is 2.28. The standard InChI is InChI=1S/C16H15ClFN3O3/c1-24-9-10-3-2-4-13(5-10)21-16(23)15(22)20-7-11-6-12(18)8-19-14(11)17/h2-6,8H,7,9H2,1H3,(H,20,22)(H,21,23). The van der Waals surface area contributed by atoms with Crippen LogP contribution in [-0.2, 0) is 27.5 Å². The third-order valence-electron chi connectivity index (χ3n) is 3.02. The number of methoxy groups -OCH3 is 1. The van der Waals surface area contributed by atoms with E-state index < -0.39 is 17.6 Å². The third kappa shape index (κ3) is 5.00. The molecule has 0 fully saturated rings. The van der Waals surface area contributed by atoms with Gasteiger partial charge in [-0.1, -0.05) is 23.7 Å². The number of hydrogen-bond donors (Lipinski definition) is 2. The average Bonchev–Trinajstić information content (AvgIpc) is 2.56. The molecule has 0 radical (unpaired) electrons. The SMILES string of the molecule is COCc1cccc(NC(=O)C(=O)NCc2cc(F)cnc2Cl)c1. The molecule has 0 unspecified atom stereocenters. The van der Waals surface area contributed by atoms with Crippen LogP contribution in [0.25, 0.3) is 0 Å². The molecular formula is C16H15ClFN3O3. The number of rotatable bonds is 5. The predicted molar refractivity (Wildman–Crippen MR) is 86.8 cm³/mol. The van der Waals surface area contributed by atoms with Crippen LogP contribution in [0, 0.1) is 5.82 Å². The fourth-order valence-electron chi connectivity index (χ4n) is 1.94. The van der Waals surface area contributed by atoms with Gasteiger partial charge >= 0.3 is 11.8 Å². The molecule has 2 rings (SSSR count). The molecule has 0 atom stereocenters. The van der Waals surface area contributed by atoms with Gasteiger partial charge in [-0.05, 0) is 23.8 Å². The van der Waals surface area contributed by atoms with Crippen LogP contribution in [0.2, 0.25) is 5.15 Å². The highest BCUT2D eigenvalue weighted by Crippen LogP contribution is 2.14. The van der Waals surface area contributed by atoms with Crippen LogP contribution < -0.4 is 10.6 Å². The molecule has 0 aliphatic carbocycles. The van der Waals surface area contributed by atoms with Crippen LogP contribution in [0.3, 0.4) is 0 Å². The molecule has 0 aliphatic rings. The second-order valence-corrected chi connectivity index (χ2v) is 5.23. The number of carbonyl (C=O) groups is 2. The van der Waals surface area contributed by atoms with Gasteiger partial charge < -0.3 is 15.4 Å². The number of carbonyl (C=O) groups excluding carboxylic acids is 2. The van der Waals surface area contributed by atoms with Crippen molar-refractivity contribution >= 4 is 29.1 Å². The number of aromatic nitrogens is 1. The summed E-state index contributed by atoms with van der Waals surface area (Å²) >= 11 is 5.79. The van der Waals surface area contributed by atoms with Gasteiger partial charge in [0.05, 0.1) is 12.8 Å². The van der Waals surface area contributed by atoms with Crippen molar-refractivity contribution in [2.75, 3.05) is 12.4 Å². The summed E-state index contributed by atoms with van der Waals surface area (Å²) in [6.45, 7) is 0.278. The average molecular weight is 352 g/mol. The Morgan fingerprint density at radius 2 is 2.08 bits per heavy atom. The fourth-order valence-corrected chi connectivity index (χ4v) is 2.11. The largest absolute Gasteiger partial charge is 0.380 e. The van der Waals surface area contributed by atoms with Crippen LogP contribution in [0.5, 0.6) is 0 Å². The Hall–Kier alpha value is -2.51. The first kappa shape index (κ1) is 17.8. The van der Waals surface area contributed by atoms with Crippen LogP contribution in [-0.4, -0.2) is 23.9 Å². The number of benzene rings is 1. The van der Waals surface area contributed by atoms with Crippen molar-refractivity contribution in [2.24, 2.45) is 0 Å². The minimum atomic E-state index is -0.868. The molecule has 2 amide bonds. The van der Waals surface area contributed by atoms with Crippen molar-refractivity contribution in [3.05, 3.63) is 58.6 Å². The van der Waals surface area contributed by atoms with E-state index in [0.29, 0.717) is 12.3 Å². The Bertz CT molecular complexity index is 755. The number of pyridine rings is 1. The van der Waals surface area contributed by atoms with E-state index in [4.69, 9.17) is 16.3 Å². The lowest BCUT2D eigenvalue weighted by Gasteiger charge is -2.08. The van der Waals surface area contributed by atoms with Crippen molar-refractivity contribution in [1.82, 2.24) is 10.3 Å². The Morgan fingerprint density at radius 1 is 1.29 bits per heavy atom. The highest BCUT2D eigenvalue weighted by atomic mass is 35.5. The lowest BCUT2D eigenvalue weighted by molar-refractivity contribution is -0.136. The van der Waals surface area contributed by atoms with Gasteiger partial charge in [0.1, 0.15) is 11.0 Å². The normalized spacial score (nSPS) is 10.3. The monoisotopic (exact) mass is 351 g/mol. The van der Waals surface area contributed by atoms with Crippen molar-refractivity contribution in [3.63, 3.8) is 0 Å². The quantitative estimate of drug-likeness (QED) is 0.639. The number of hydrogen-bond acceptors (Lipinski definition) is 4. The molecule has 0 spiro atoms. The summed E-state index contributed by atoms with van der Waals surface area (Å²) in [5, 5.41) is 4.89. The maximum atomic E-state index is 13.1. The van der Waals surface area contributed by atoms with Gasteiger partial charge in [0.2, 0.25) is 0 Å². The van der Waals surface area contributed by atoms with Gasteiger partial charge in [-0.15, -0.1) is 0 Å². The zero-order chi connectivity index (χ0) is 17.5. The van der Waals surface area contributed by atoms with E-state index in [1.807, 2.05) is 6.07 Å². The van der Waals surface area contributed by atoms with Gasteiger partial charge in [0.15, 0.2) is 0 Å². The molecule has 24 heavy (non-hydrogen) atoms. The smallest absolute Gasteiger partial charge is 0.313 e. The number of anilines is 1. The molecular weight excluding hydrogens is 337 g/mol. The second-order valence-electron chi connectivity index (χ2n) is 4.87. The van der Waals surface area contributed by atoms with E-state index in [2.05, 4.69) is 15.6 Å². The third-order valence-corrected chi connectivity index (χ3v) is 3.36. The van der Waals surface area contributed by atoms with Gasteiger partial charge in [0, 0.05) is 24.9 Å². The molecule has 0 bridgehead atoms. The molecule has 1 aromatic carbocycles. The van der Waals surface area contributed by atoms with E-state index in [9.17, 15) is 14.0 Å². The topological polar surface area (TPSA) is 80.3 Å². The first-order valence-corrected chi connectivity index (χ1v) is 7.34. The highest BCUT2D eigenvalue weighted by Gasteiger charge is 2.14. The summed E-state index contributed by atoms with van der Waals surface area (Å²) in [4.78, 5) is 27.3. The van der Waals surface area contributed by atoms with E-state index >= 15 is 0 Å². The molecule has 0 saturated carbocycles. The highest BCUT2D eigenvalue weighted by molar-refractivity contribution is 6.39. The molecule has 0 saturated heterocycles. The maximum Gasteiger partial charge on any atom is 0.313 e. The Kier molecular flexibility index (Phi) is 6.22. The fraction of sp³-hybridized carbons (Fsp3) is 0.188. The van der Waals surface area contributed by atoms with Crippen molar-refractivity contribution in [1.29, 1.82) is 0 Å². The summed E-state index contributed by atoms with van der Waals surface area (Å²) < 4.78 is 18.1. The van der Waals surface area contributed by atoms with Gasteiger partial charge in [-0.25, -0.2) is 9.37 Å². The summed E-state index contributed by atoms with van der Waals surface area (Å²) in [5.74, 6) is -2.29. The molecule has 0 aliphatic heterocycles. The van der Waals surface area contributed by atoms with E-state index in [0.717, 1.165) is 17.8 Å². The minimum absolute atomic E-state index is 0.0596. The lowest BCUT2D eigenvalue weighted by atomic mass is 10.2. The zero-order valence-electron chi connectivity index (χ0n) is 12.8. The van der Waals surface area contributed by atoms with E-state index in [1.54, 1.807) is 25.3 Å². The number of ether oxygens (including phenoxy) is 1. The first-order valence-electron chi connectivity index (χ1n) is 6.96. The van der Waals surface area contributed by atoms with Crippen LogP contribution >= 0.6 is 11.6 Å². The summed E-state index contributed by atoms with van der Waals surface area (Å²) in [7, 11) is 1.56. The molecule has 2 aromatic rings. The molecule has 126 valence electrons. The number of halogens is 2. The van der Waals surface area contributed by atoms with Gasteiger partial charge in [0.25, 0.3) is 0 Å². The molecule has 1 heterocycles. The van der Waals surface area contributed by atoms with Crippen LogP contribution in [0.4, 0.5) is 10.1 Å².